The molecule has 0 radical (unpaired) electrons. The summed E-state index contributed by atoms with van der Waals surface area (Å²) in [5, 5.41) is 3.33. The van der Waals surface area contributed by atoms with Gasteiger partial charge in [-0.2, -0.15) is 0 Å². The van der Waals surface area contributed by atoms with Crippen molar-refractivity contribution in [3.63, 3.8) is 0 Å². The smallest absolute Gasteiger partial charge is 0.262 e. The number of amides is 1. The van der Waals surface area contributed by atoms with Crippen molar-refractivity contribution in [2.45, 2.75) is 12.8 Å². The number of carbonyl (C=O) groups excluding carboxylic acids is 1. The van der Waals surface area contributed by atoms with Gasteiger partial charge in [0.15, 0.2) is 6.61 Å². The average Bonchev–Trinajstić information content (AvgIpc) is 3.09. The minimum Gasteiger partial charge on any atom is -0.484 e. The van der Waals surface area contributed by atoms with Gasteiger partial charge in [-0.1, -0.05) is 11.6 Å². The molecule has 2 aromatic rings. The van der Waals surface area contributed by atoms with E-state index in [1.165, 1.54) is 12.8 Å². The van der Waals surface area contributed by atoms with Crippen LogP contribution in [0, 0.1) is 0 Å². The second-order valence-electron chi connectivity index (χ2n) is 5.26. The first-order valence-electron chi connectivity index (χ1n) is 7.46. The Labute approximate surface area is 139 Å². The molecule has 1 aliphatic heterocycles. The third kappa shape index (κ3) is 4.32. The lowest BCUT2D eigenvalue weighted by Gasteiger charge is -2.14. The SMILES string of the molecule is O=C(COc1ccc(Cl)cc1)Nc1cnc(N2CCCC2)nc1. The van der Waals surface area contributed by atoms with E-state index in [9.17, 15) is 4.79 Å². The van der Waals surface area contributed by atoms with Crippen LogP contribution in [0.25, 0.3) is 0 Å². The van der Waals surface area contributed by atoms with Gasteiger partial charge in [-0.25, -0.2) is 9.97 Å². The highest BCUT2D eigenvalue weighted by Crippen LogP contribution is 2.17. The van der Waals surface area contributed by atoms with Crippen LogP contribution in [0.3, 0.4) is 0 Å². The Morgan fingerprint density at radius 1 is 1.17 bits per heavy atom. The molecule has 120 valence electrons. The number of hydrogen-bond donors (Lipinski definition) is 1. The van der Waals surface area contributed by atoms with Gasteiger partial charge in [-0.3, -0.25) is 4.79 Å². The van der Waals surface area contributed by atoms with Crippen LogP contribution in [0.15, 0.2) is 36.7 Å². The minimum absolute atomic E-state index is 0.0878. The van der Waals surface area contributed by atoms with Gasteiger partial charge in [-0.15, -0.1) is 0 Å². The van der Waals surface area contributed by atoms with E-state index < -0.39 is 0 Å². The summed E-state index contributed by atoms with van der Waals surface area (Å²) in [4.78, 5) is 22.6. The van der Waals surface area contributed by atoms with Crippen LogP contribution >= 0.6 is 11.6 Å². The molecule has 0 aliphatic carbocycles. The summed E-state index contributed by atoms with van der Waals surface area (Å²) in [6, 6.07) is 6.84. The Hall–Kier alpha value is -2.34. The number of rotatable bonds is 5. The zero-order chi connectivity index (χ0) is 16.1. The van der Waals surface area contributed by atoms with Gasteiger partial charge >= 0.3 is 0 Å². The maximum absolute atomic E-state index is 11.9. The van der Waals surface area contributed by atoms with E-state index in [1.54, 1.807) is 36.7 Å². The minimum atomic E-state index is -0.266. The van der Waals surface area contributed by atoms with Crippen LogP contribution in [0.1, 0.15) is 12.8 Å². The molecule has 1 N–H and O–H groups in total. The number of aromatic nitrogens is 2. The summed E-state index contributed by atoms with van der Waals surface area (Å²) in [6.07, 6.45) is 5.56. The Morgan fingerprint density at radius 3 is 2.48 bits per heavy atom. The van der Waals surface area contributed by atoms with Crippen LogP contribution < -0.4 is 15.0 Å². The molecule has 0 atom stereocenters. The standard InChI is InChI=1S/C16H17ClN4O2/c17-12-3-5-14(6-4-12)23-11-15(22)20-13-9-18-16(19-10-13)21-7-1-2-8-21/h3-6,9-10H,1-2,7-8,11H2,(H,20,22). The van der Waals surface area contributed by atoms with Gasteiger partial charge < -0.3 is 15.0 Å². The van der Waals surface area contributed by atoms with Gasteiger partial charge in [0.25, 0.3) is 5.91 Å². The number of hydrogen-bond acceptors (Lipinski definition) is 5. The molecule has 0 saturated carbocycles. The average molecular weight is 333 g/mol. The van der Waals surface area contributed by atoms with Gasteiger partial charge in [0.2, 0.25) is 5.95 Å². The van der Waals surface area contributed by atoms with Crippen molar-refractivity contribution in [2.24, 2.45) is 0 Å². The predicted molar refractivity (Wildman–Crippen MR) is 89.1 cm³/mol. The third-order valence-electron chi connectivity index (χ3n) is 3.49. The summed E-state index contributed by atoms with van der Waals surface area (Å²) >= 11 is 5.79. The molecule has 6 nitrogen and oxygen atoms in total. The van der Waals surface area contributed by atoms with Crippen LogP contribution in [0.4, 0.5) is 11.6 Å². The molecule has 3 rings (SSSR count). The molecule has 1 saturated heterocycles. The van der Waals surface area contributed by atoms with Crippen molar-refractivity contribution in [1.82, 2.24) is 9.97 Å². The maximum Gasteiger partial charge on any atom is 0.262 e. The molecule has 0 unspecified atom stereocenters. The Bertz CT molecular complexity index is 655. The van der Waals surface area contributed by atoms with Gasteiger partial charge in [-0.05, 0) is 37.1 Å². The molecular formula is C16H17ClN4O2. The molecular weight excluding hydrogens is 316 g/mol. The van der Waals surface area contributed by atoms with E-state index in [1.807, 2.05) is 0 Å². The van der Waals surface area contributed by atoms with Crippen molar-refractivity contribution in [1.29, 1.82) is 0 Å². The number of nitrogens with one attached hydrogen (secondary N) is 1. The van der Waals surface area contributed by atoms with E-state index in [4.69, 9.17) is 16.3 Å². The van der Waals surface area contributed by atoms with Crippen molar-refractivity contribution in [3.05, 3.63) is 41.7 Å². The fourth-order valence-corrected chi connectivity index (χ4v) is 2.47. The van der Waals surface area contributed by atoms with Gasteiger partial charge in [0.1, 0.15) is 5.75 Å². The quantitative estimate of drug-likeness (QED) is 0.912. The highest BCUT2D eigenvalue weighted by Gasteiger charge is 2.14. The highest BCUT2D eigenvalue weighted by molar-refractivity contribution is 6.30. The van der Waals surface area contributed by atoms with Crippen molar-refractivity contribution in [3.8, 4) is 5.75 Å². The Kier molecular flexibility index (Phi) is 4.92. The molecule has 1 aromatic carbocycles. The number of ether oxygens (including phenoxy) is 1. The summed E-state index contributed by atoms with van der Waals surface area (Å²) in [6.45, 7) is 1.89. The molecule has 2 heterocycles. The van der Waals surface area contributed by atoms with Crippen molar-refractivity contribution >= 4 is 29.1 Å². The summed E-state index contributed by atoms with van der Waals surface area (Å²) in [5.41, 5.74) is 0.553. The molecule has 1 fully saturated rings. The zero-order valence-electron chi connectivity index (χ0n) is 12.5. The lowest BCUT2D eigenvalue weighted by atomic mass is 10.3. The zero-order valence-corrected chi connectivity index (χ0v) is 13.3. The lowest BCUT2D eigenvalue weighted by Crippen LogP contribution is -2.22. The molecule has 1 amide bonds. The topological polar surface area (TPSA) is 67.3 Å². The number of nitrogens with zero attached hydrogens (tertiary/aromatic N) is 3. The Morgan fingerprint density at radius 2 is 1.83 bits per heavy atom. The van der Waals surface area contributed by atoms with Crippen molar-refractivity contribution < 1.29 is 9.53 Å². The normalized spacial score (nSPS) is 13.9. The Balaban J connectivity index is 1.50. The fourth-order valence-electron chi connectivity index (χ4n) is 2.34. The molecule has 23 heavy (non-hydrogen) atoms. The molecule has 0 spiro atoms. The fraction of sp³-hybridized carbons (Fsp3) is 0.312. The lowest BCUT2D eigenvalue weighted by molar-refractivity contribution is -0.118. The summed E-state index contributed by atoms with van der Waals surface area (Å²) in [5.74, 6) is 1.03. The largest absolute Gasteiger partial charge is 0.484 e. The van der Waals surface area contributed by atoms with E-state index in [-0.39, 0.29) is 12.5 Å². The molecule has 0 bridgehead atoms. The molecule has 1 aliphatic rings. The number of anilines is 2. The van der Waals surface area contributed by atoms with Gasteiger partial charge in [0, 0.05) is 18.1 Å². The summed E-state index contributed by atoms with van der Waals surface area (Å²) < 4.78 is 5.38. The van der Waals surface area contributed by atoms with Crippen LogP contribution in [0.5, 0.6) is 5.75 Å². The van der Waals surface area contributed by atoms with E-state index >= 15 is 0 Å². The highest BCUT2D eigenvalue weighted by atomic mass is 35.5. The van der Waals surface area contributed by atoms with Crippen molar-refractivity contribution in [2.75, 3.05) is 29.9 Å². The van der Waals surface area contributed by atoms with Crippen LogP contribution in [-0.4, -0.2) is 35.6 Å². The third-order valence-corrected chi connectivity index (χ3v) is 3.75. The molecule has 1 aromatic heterocycles. The number of carbonyl (C=O) groups is 1. The van der Waals surface area contributed by atoms with Gasteiger partial charge in [0.05, 0.1) is 18.1 Å². The first-order valence-corrected chi connectivity index (χ1v) is 7.84. The molecule has 7 heteroatoms. The van der Waals surface area contributed by atoms with Crippen LogP contribution in [-0.2, 0) is 4.79 Å². The second-order valence-corrected chi connectivity index (χ2v) is 5.69. The maximum atomic E-state index is 11.9. The monoisotopic (exact) mass is 332 g/mol. The van der Waals surface area contributed by atoms with E-state index in [2.05, 4.69) is 20.2 Å². The van der Waals surface area contributed by atoms with E-state index in [0.717, 1.165) is 13.1 Å². The predicted octanol–water partition coefficient (Wildman–Crippen LogP) is 2.75. The summed E-state index contributed by atoms with van der Waals surface area (Å²) in [7, 11) is 0. The number of benzene rings is 1. The first kappa shape index (κ1) is 15.6. The van der Waals surface area contributed by atoms with E-state index in [0.29, 0.717) is 22.4 Å². The van der Waals surface area contributed by atoms with Crippen LogP contribution in [0.2, 0.25) is 5.02 Å². The number of halogens is 1. The first-order chi connectivity index (χ1) is 11.2. The second kappa shape index (κ2) is 7.28.